The van der Waals surface area contributed by atoms with Gasteiger partial charge in [-0.1, -0.05) is 60.7 Å². The van der Waals surface area contributed by atoms with Crippen molar-refractivity contribution in [2.45, 2.75) is 12.8 Å². The first-order chi connectivity index (χ1) is 12.6. The molecule has 2 aromatic carbocycles. The van der Waals surface area contributed by atoms with Crippen molar-refractivity contribution < 1.29 is 19.1 Å². The van der Waals surface area contributed by atoms with Gasteiger partial charge < -0.3 is 4.74 Å². The molecule has 0 spiro atoms. The quantitative estimate of drug-likeness (QED) is 0.474. The number of rotatable bonds is 6. The Bertz CT molecular complexity index is 733. The van der Waals surface area contributed by atoms with Gasteiger partial charge in [0.2, 0.25) is 5.91 Å². The molecule has 134 valence electrons. The summed E-state index contributed by atoms with van der Waals surface area (Å²) < 4.78 is 4.68. The fourth-order valence-electron chi connectivity index (χ4n) is 2.36. The van der Waals surface area contributed by atoms with Crippen molar-refractivity contribution in [3.63, 3.8) is 0 Å². The van der Waals surface area contributed by atoms with Crippen LogP contribution in [0.3, 0.4) is 0 Å². The van der Waals surface area contributed by atoms with Crippen molar-refractivity contribution in [1.82, 2.24) is 10.9 Å². The predicted molar refractivity (Wildman–Crippen MR) is 96.8 cm³/mol. The van der Waals surface area contributed by atoms with Crippen LogP contribution in [-0.2, 0) is 19.1 Å². The van der Waals surface area contributed by atoms with Gasteiger partial charge in [-0.25, -0.2) is 4.79 Å². The number of carbonyl (C=O) groups excluding carboxylic acids is 3. The van der Waals surface area contributed by atoms with Crippen LogP contribution >= 0.6 is 0 Å². The second kappa shape index (κ2) is 9.78. The Morgan fingerprint density at radius 3 is 1.92 bits per heavy atom. The van der Waals surface area contributed by atoms with E-state index in [4.69, 9.17) is 0 Å². The fraction of sp³-hybridized carbons (Fsp3) is 0.150. The van der Waals surface area contributed by atoms with Crippen LogP contribution in [0.2, 0.25) is 0 Å². The van der Waals surface area contributed by atoms with E-state index in [1.807, 2.05) is 60.7 Å². The molecule has 0 fully saturated rings. The molecule has 6 nitrogen and oxygen atoms in total. The van der Waals surface area contributed by atoms with Gasteiger partial charge in [-0.15, -0.1) is 0 Å². The summed E-state index contributed by atoms with van der Waals surface area (Å²) in [7, 11) is 0. The van der Waals surface area contributed by atoms with Gasteiger partial charge in [0.15, 0.2) is 0 Å². The van der Waals surface area contributed by atoms with Crippen LogP contribution in [0.1, 0.15) is 24.0 Å². The summed E-state index contributed by atoms with van der Waals surface area (Å²) in [5, 5.41) is 0. The Kier molecular flexibility index (Phi) is 7.12. The van der Waals surface area contributed by atoms with E-state index in [2.05, 4.69) is 15.6 Å². The third kappa shape index (κ3) is 5.59. The number of hydrogen-bond acceptors (Lipinski definition) is 4. The molecule has 0 heterocycles. The topological polar surface area (TPSA) is 84.5 Å². The van der Waals surface area contributed by atoms with Gasteiger partial charge in [0.1, 0.15) is 0 Å². The normalized spacial score (nSPS) is 10.5. The predicted octanol–water partition coefficient (Wildman–Crippen LogP) is 2.09. The summed E-state index contributed by atoms with van der Waals surface area (Å²) >= 11 is 0. The van der Waals surface area contributed by atoms with E-state index in [0.717, 1.165) is 23.3 Å². The van der Waals surface area contributed by atoms with Gasteiger partial charge in [-0.2, -0.15) is 0 Å². The van der Waals surface area contributed by atoms with E-state index >= 15 is 0 Å². The number of benzene rings is 2. The number of hydrogen-bond donors (Lipinski definition) is 2. The highest BCUT2D eigenvalue weighted by Gasteiger charge is 2.22. The molecular weight excluding hydrogens is 332 g/mol. The highest BCUT2D eigenvalue weighted by atomic mass is 16.5. The standard InChI is InChI=1S/C20H20N2O4/c1-2-26-18(24)14-13-17(23)21-22-20(25)19(15-9-5-3-6-10-15)16-11-7-4-8-12-16/h3-14,19H,2H2,1H3,(H,21,23)(H,22,25). The molecule has 6 heteroatoms. The molecule has 0 bridgehead atoms. The summed E-state index contributed by atoms with van der Waals surface area (Å²) in [4.78, 5) is 35.6. The minimum atomic E-state index is -0.633. The van der Waals surface area contributed by atoms with Gasteiger partial charge in [-0.05, 0) is 18.1 Å². The average Bonchev–Trinajstić information content (AvgIpc) is 2.67. The molecule has 0 saturated carbocycles. The molecule has 26 heavy (non-hydrogen) atoms. The van der Waals surface area contributed by atoms with Crippen molar-refractivity contribution in [3.05, 3.63) is 83.9 Å². The first kappa shape index (κ1) is 18.9. The second-order valence-corrected chi connectivity index (χ2v) is 5.32. The van der Waals surface area contributed by atoms with Crippen molar-refractivity contribution >= 4 is 17.8 Å². The van der Waals surface area contributed by atoms with Crippen LogP contribution in [0.4, 0.5) is 0 Å². The number of hydrazine groups is 1. The van der Waals surface area contributed by atoms with Gasteiger partial charge in [0.25, 0.3) is 5.91 Å². The van der Waals surface area contributed by atoms with E-state index in [1.54, 1.807) is 6.92 Å². The van der Waals surface area contributed by atoms with Crippen molar-refractivity contribution in [2.24, 2.45) is 0 Å². The lowest BCUT2D eigenvalue weighted by Gasteiger charge is -2.17. The zero-order valence-electron chi connectivity index (χ0n) is 14.3. The van der Waals surface area contributed by atoms with Crippen LogP contribution in [-0.4, -0.2) is 24.4 Å². The maximum absolute atomic E-state index is 12.6. The van der Waals surface area contributed by atoms with Gasteiger partial charge in [0, 0.05) is 12.2 Å². The summed E-state index contributed by atoms with van der Waals surface area (Å²) in [6.45, 7) is 1.89. The lowest BCUT2D eigenvalue weighted by molar-refractivity contribution is -0.137. The Morgan fingerprint density at radius 1 is 0.885 bits per heavy atom. The molecule has 2 aromatic rings. The number of nitrogens with one attached hydrogen (secondary N) is 2. The minimum absolute atomic E-state index is 0.220. The zero-order valence-corrected chi connectivity index (χ0v) is 14.3. The first-order valence-electron chi connectivity index (χ1n) is 8.16. The Morgan fingerprint density at radius 2 is 1.42 bits per heavy atom. The summed E-state index contributed by atoms with van der Waals surface area (Å²) in [5.41, 5.74) is 6.26. The molecule has 0 atom stereocenters. The summed E-state index contributed by atoms with van der Waals surface area (Å²) in [6, 6.07) is 18.5. The van der Waals surface area contributed by atoms with Crippen LogP contribution in [0.25, 0.3) is 0 Å². The molecule has 0 unspecified atom stereocenters. The molecule has 2 amide bonds. The highest BCUT2D eigenvalue weighted by Crippen LogP contribution is 2.24. The zero-order chi connectivity index (χ0) is 18.8. The summed E-state index contributed by atoms with van der Waals surface area (Å²) in [5.74, 6) is -2.22. The first-order valence-corrected chi connectivity index (χ1v) is 8.16. The lowest BCUT2D eigenvalue weighted by Crippen LogP contribution is -2.43. The number of ether oxygens (including phenoxy) is 1. The minimum Gasteiger partial charge on any atom is -0.463 e. The van der Waals surface area contributed by atoms with Gasteiger partial charge in [0.05, 0.1) is 12.5 Å². The lowest BCUT2D eigenvalue weighted by atomic mass is 9.91. The molecule has 0 radical (unpaired) electrons. The molecular formula is C20H20N2O4. The number of carbonyl (C=O) groups is 3. The maximum atomic E-state index is 12.6. The fourth-order valence-corrected chi connectivity index (χ4v) is 2.36. The van der Waals surface area contributed by atoms with Crippen LogP contribution < -0.4 is 10.9 Å². The Labute approximate surface area is 151 Å². The van der Waals surface area contributed by atoms with Crippen LogP contribution in [0.5, 0.6) is 0 Å². The van der Waals surface area contributed by atoms with Crippen molar-refractivity contribution in [1.29, 1.82) is 0 Å². The smallest absolute Gasteiger partial charge is 0.330 e. The maximum Gasteiger partial charge on any atom is 0.330 e. The average molecular weight is 352 g/mol. The molecule has 2 rings (SSSR count). The Balaban J connectivity index is 2.06. The monoisotopic (exact) mass is 352 g/mol. The molecule has 0 aliphatic carbocycles. The largest absolute Gasteiger partial charge is 0.463 e. The third-order valence-corrected chi connectivity index (χ3v) is 3.49. The van der Waals surface area contributed by atoms with E-state index in [1.165, 1.54) is 0 Å². The third-order valence-electron chi connectivity index (χ3n) is 3.49. The summed E-state index contributed by atoms with van der Waals surface area (Å²) in [6.07, 6.45) is 2.00. The molecule has 0 aromatic heterocycles. The molecule has 0 saturated heterocycles. The van der Waals surface area contributed by atoms with E-state index in [0.29, 0.717) is 0 Å². The van der Waals surface area contributed by atoms with Crippen LogP contribution in [0, 0.1) is 0 Å². The van der Waals surface area contributed by atoms with Crippen LogP contribution in [0.15, 0.2) is 72.8 Å². The van der Waals surface area contributed by atoms with Gasteiger partial charge in [-0.3, -0.25) is 20.4 Å². The van der Waals surface area contributed by atoms with E-state index in [-0.39, 0.29) is 12.5 Å². The van der Waals surface area contributed by atoms with Crippen molar-refractivity contribution in [3.8, 4) is 0 Å². The highest BCUT2D eigenvalue weighted by molar-refractivity contribution is 5.96. The number of esters is 1. The SMILES string of the molecule is CCOC(=O)C=CC(=O)NNC(=O)C(c1ccccc1)c1ccccc1. The molecule has 0 aliphatic heterocycles. The number of amides is 2. The molecule has 2 N–H and O–H groups in total. The van der Waals surface area contributed by atoms with E-state index in [9.17, 15) is 14.4 Å². The van der Waals surface area contributed by atoms with E-state index < -0.39 is 17.8 Å². The van der Waals surface area contributed by atoms with Gasteiger partial charge >= 0.3 is 5.97 Å². The van der Waals surface area contributed by atoms with Crippen molar-refractivity contribution in [2.75, 3.05) is 6.61 Å². The Hall–Kier alpha value is -3.41. The second-order valence-electron chi connectivity index (χ2n) is 5.32. The molecule has 0 aliphatic rings.